The van der Waals surface area contributed by atoms with Crippen molar-refractivity contribution in [1.29, 1.82) is 0 Å². The van der Waals surface area contributed by atoms with Gasteiger partial charge in [0.25, 0.3) is 0 Å². The first-order valence-electron chi connectivity index (χ1n) is 3.29. The number of ether oxygens (including phenoxy) is 1. The average Bonchev–Trinajstić information content (AvgIpc) is 2.31. The van der Waals surface area contributed by atoms with Crippen LogP contribution in [0.25, 0.3) is 0 Å². The van der Waals surface area contributed by atoms with Crippen molar-refractivity contribution in [2.75, 3.05) is 13.2 Å². The fraction of sp³-hybridized carbons (Fsp3) is 1.00. The molecule has 0 spiro atoms. The minimum absolute atomic E-state index is 0.0210. The molecule has 1 heterocycles. The Labute approximate surface area is 64.9 Å². The van der Waals surface area contributed by atoms with Crippen molar-refractivity contribution < 1.29 is 23.8 Å². The maximum absolute atomic E-state index is 10.1. The molecule has 0 aromatic heterocycles. The van der Waals surface area contributed by atoms with Gasteiger partial charge in [-0.1, -0.05) is 0 Å². The van der Waals surface area contributed by atoms with Crippen molar-refractivity contribution in [3.8, 4) is 0 Å². The zero-order chi connectivity index (χ0) is 8.27. The number of aliphatic hydroxyl groups excluding tert-OH is 1. The van der Waals surface area contributed by atoms with Crippen molar-refractivity contribution in [3.63, 3.8) is 0 Å². The molecule has 64 valence electrons. The standard InChI is InChI=1S/C5H9O5P/c6-4-1-2-9-5(4)3-10-11(7)8/h4-6H,1-3H2/p+1/t4-,5+/m0/s1. The lowest BCUT2D eigenvalue weighted by molar-refractivity contribution is 0.0104. The third-order valence-electron chi connectivity index (χ3n) is 1.52. The van der Waals surface area contributed by atoms with Crippen LogP contribution in [0.1, 0.15) is 6.42 Å². The third-order valence-corrected chi connectivity index (χ3v) is 1.89. The van der Waals surface area contributed by atoms with E-state index in [-0.39, 0.29) is 6.61 Å². The normalized spacial score (nSPS) is 32.4. The highest BCUT2D eigenvalue weighted by atomic mass is 31.1. The SMILES string of the molecule is O=[P+](O)OC[C@H]1OCC[C@@H]1O. The van der Waals surface area contributed by atoms with Gasteiger partial charge in [-0.3, -0.25) is 0 Å². The highest BCUT2D eigenvalue weighted by molar-refractivity contribution is 7.32. The maximum Gasteiger partial charge on any atom is 0.694 e. The van der Waals surface area contributed by atoms with E-state index in [1.807, 2.05) is 0 Å². The second-order valence-electron chi connectivity index (χ2n) is 2.30. The molecule has 1 rings (SSSR count). The largest absolute Gasteiger partial charge is 0.694 e. The lowest BCUT2D eigenvalue weighted by atomic mass is 10.2. The first-order valence-corrected chi connectivity index (χ1v) is 4.42. The number of rotatable bonds is 3. The molecule has 1 aliphatic rings. The lowest BCUT2D eigenvalue weighted by Gasteiger charge is -2.07. The summed E-state index contributed by atoms with van der Waals surface area (Å²) in [6.07, 6.45) is -0.443. The zero-order valence-electron chi connectivity index (χ0n) is 5.84. The molecular weight excluding hydrogens is 171 g/mol. The number of hydrogen-bond acceptors (Lipinski definition) is 4. The van der Waals surface area contributed by atoms with Crippen LogP contribution in [0.3, 0.4) is 0 Å². The Morgan fingerprint density at radius 1 is 1.73 bits per heavy atom. The van der Waals surface area contributed by atoms with Crippen molar-refractivity contribution >= 4 is 8.25 Å². The minimum atomic E-state index is -2.58. The van der Waals surface area contributed by atoms with E-state index >= 15 is 0 Å². The Kier molecular flexibility index (Phi) is 3.36. The summed E-state index contributed by atoms with van der Waals surface area (Å²) in [6, 6.07) is 0. The van der Waals surface area contributed by atoms with E-state index in [1.54, 1.807) is 0 Å². The van der Waals surface area contributed by atoms with Gasteiger partial charge in [-0.25, -0.2) is 0 Å². The van der Waals surface area contributed by atoms with Gasteiger partial charge >= 0.3 is 8.25 Å². The molecule has 3 atom stereocenters. The van der Waals surface area contributed by atoms with Crippen molar-refractivity contribution in [2.45, 2.75) is 18.6 Å². The molecule has 0 bridgehead atoms. The molecule has 0 amide bonds. The molecule has 1 saturated heterocycles. The Bertz CT molecular complexity index is 150. The summed E-state index contributed by atoms with van der Waals surface area (Å²) in [5.41, 5.74) is 0. The second-order valence-corrected chi connectivity index (χ2v) is 3.03. The molecule has 0 aromatic rings. The first kappa shape index (κ1) is 9.03. The fourth-order valence-corrected chi connectivity index (χ4v) is 1.21. The molecule has 11 heavy (non-hydrogen) atoms. The molecule has 1 fully saturated rings. The molecule has 1 aliphatic heterocycles. The Balaban J connectivity index is 2.20. The fourth-order valence-electron chi connectivity index (χ4n) is 0.934. The first-order chi connectivity index (χ1) is 5.20. The van der Waals surface area contributed by atoms with E-state index in [0.29, 0.717) is 13.0 Å². The molecule has 0 aromatic carbocycles. The molecule has 0 radical (unpaired) electrons. The summed E-state index contributed by atoms with van der Waals surface area (Å²) < 4.78 is 19.4. The molecule has 6 heteroatoms. The molecule has 0 aliphatic carbocycles. The van der Waals surface area contributed by atoms with Gasteiger partial charge in [0.1, 0.15) is 12.7 Å². The van der Waals surface area contributed by atoms with Gasteiger partial charge in [0.15, 0.2) is 0 Å². The molecular formula is C5H10O5P+. The van der Waals surface area contributed by atoms with Crippen LogP contribution in [0.2, 0.25) is 0 Å². The van der Waals surface area contributed by atoms with Crippen LogP contribution < -0.4 is 0 Å². The zero-order valence-corrected chi connectivity index (χ0v) is 6.74. The summed E-state index contributed by atoms with van der Waals surface area (Å²) in [6.45, 7) is 0.463. The van der Waals surface area contributed by atoms with E-state index in [2.05, 4.69) is 4.52 Å². The predicted molar refractivity (Wildman–Crippen MR) is 36.1 cm³/mol. The van der Waals surface area contributed by atoms with Crippen LogP contribution in [0.4, 0.5) is 0 Å². The van der Waals surface area contributed by atoms with Gasteiger partial charge < -0.3 is 9.84 Å². The quantitative estimate of drug-likeness (QED) is 0.590. The Morgan fingerprint density at radius 2 is 2.45 bits per heavy atom. The topological polar surface area (TPSA) is 76.0 Å². The maximum atomic E-state index is 10.1. The Hall–Kier alpha value is -0.0600. The summed E-state index contributed by atoms with van der Waals surface area (Å²) in [5.74, 6) is 0. The second kappa shape index (κ2) is 4.09. The predicted octanol–water partition coefficient (Wildman–Crippen LogP) is -0.198. The van der Waals surface area contributed by atoms with E-state index in [9.17, 15) is 4.57 Å². The lowest BCUT2D eigenvalue weighted by Crippen LogP contribution is -2.25. The van der Waals surface area contributed by atoms with E-state index in [1.165, 1.54) is 0 Å². The van der Waals surface area contributed by atoms with E-state index in [4.69, 9.17) is 14.7 Å². The third kappa shape index (κ3) is 2.81. The van der Waals surface area contributed by atoms with Gasteiger partial charge in [0.05, 0.1) is 6.10 Å². The Morgan fingerprint density at radius 3 is 2.91 bits per heavy atom. The summed E-state index contributed by atoms with van der Waals surface area (Å²) >= 11 is 0. The van der Waals surface area contributed by atoms with Crippen LogP contribution in [-0.2, 0) is 13.8 Å². The molecule has 0 saturated carbocycles. The van der Waals surface area contributed by atoms with Gasteiger partial charge in [-0.15, -0.1) is 9.42 Å². The van der Waals surface area contributed by atoms with Gasteiger partial charge in [0.2, 0.25) is 0 Å². The van der Waals surface area contributed by atoms with Gasteiger partial charge in [-0.2, -0.15) is 0 Å². The van der Waals surface area contributed by atoms with E-state index < -0.39 is 20.5 Å². The van der Waals surface area contributed by atoms with Crippen LogP contribution in [-0.4, -0.2) is 35.4 Å². The van der Waals surface area contributed by atoms with Crippen molar-refractivity contribution in [2.24, 2.45) is 0 Å². The molecule has 5 nitrogen and oxygen atoms in total. The number of hydrogen-bond donors (Lipinski definition) is 2. The average molecular weight is 181 g/mol. The van der Waals surface area contributed by atoms with Crippen LogP contribution in [0, 0.1) is 0 Å². The highest BCUT2D eigenvalue weighted by Crippen LogP contribution is 2.20. The van der Waals surface area contributed by atoms with E-state index in [0.717, 1.165) is 0 Å². The minimum Gasteiger partial charge on any atom is -0.390 e. The number of aliphatic hydroxyl groups is 1. The monoisotopic (exact) mass is 181 g/mol. The van der Waals surface area contributed by atoms with Crippen LogP contribution in [0.15, 0.2) is 0 Å². The van der Waals surface area contributed by atoms with Crippen LogP contribution in [0.5, 0.6) is 0 Å². The van der Waals surface area contributed by atoms with Crippen LogP contribution >= 0.6 is 8.25 Å². The summed E-state index contributed by atoms with van der Waals surface area (Å²) in [5, 5.41) is 9.12. The summed E-state index contributed by atoms with van der Waals surface area (Å²) in [4.78, 5) is 8.25. The molecule has 2 N–H and O–H groups in total. The van der Waals surface area contributed by atoms with Gasteiger partial charge in [0, 0.05) is 11.2 Å². The van der Waals surface area contributed by atoms with Gasteiger partial charge in [-0.05, 0) is 6.42 Å². The highest BCUT2D eigenvalue weighted by Gasteiger charge is 2.29. The molecule has 1 unspecified atom stereocenters. The summed E-state index contributed by atoms with van der Waals surface area (Å²) in [7, 11) is -2.58. The smallest absolute Gasteiger partial charge is 0.390 e. The van der Waals surface area contributed by atoms with Crippen molar-refractivity contribution in [3.05, 3.63) is 0 Å². The van der Waals surface area contributed by atoms with Crippen molar-refractivity contribution in [1.82, 2.24) is 0 Å².